The molecule has 0 aliphatic rings. The SMILES string of the molecule is O=C(Cn1c2ccccc2c(=O)c2ccccc21)Nc1nnc(SCc2cccs2)s1. The number of fused-ring (bicyclic) bond motifs is 2. The monoisotopic (exact) mass is 464 g/mol. The highest BCUT2D eigenvalue weighted by Crippen LogP contribution is 2.29. The largest absolute Gasteiger partial charge is 0.331 e. The molecule has 0 saturated carbocycles. The van der Waals surface area contributed by atoms with Gasteiger partial charge in [0, 0.05) is 21.4 Å². The van der Waals surface area contributed by atoms with Crippen molar-refractivity contribution in [3.63, 3.8) is 0 Å². The van der Waals surface area contributed by atoms with E-state index in [1.807, 2.05) is 52.4 Å². The summed E-state index contributed by atoms with van der Waals surface area (Å²) in [4.78, 5) is 26.9. The van der Waals surface area contributed by atoms with E-state index in [1.54, 1.807) is 35.2 Å². The van der Waals surface area contributed by atoms with Crippen molar-refractivity contribution in [2.24, 2.45) is 0 Å². The van der Waals surface area contributed by atoms with Crippen molar-refractivity contribution in [1.29, 1.82) is 0 Å². The molecule has 0 radical (unpaired) electrons. The molecule has 5 aromatic rings. The summed E-state index contributed by atoms with van der Waals surface area (Å²) in [6, 6.07) is 18.8. The van der Waals surface area contributed by atoms with Crippen LogP contribution in [0.4, 0.5) is 5.13 Å². The van der Waals surface area contributed by atoms with Crippen molar-refractivity contribution < 1.29 is 4.79 Å². The molecule has 31 heavy (non-hydrogen) atoms. The highest BCUT2D eigenvalue weighted by Gasteiger charge is 2.14. The van der Waals surface area contributed by atoms with Crippen LogP contribution in [0.3, 0.4) is 0 Å². The summed E-state index contributed by atoms with van der Waals surface area (Å²) in [6.07, 6.45) is 0. The molecule has 5 rings (SSSR count). The maximum atomic E-state index is 12.8. The number of hydrogen-bond acceptors (Lipinski definition) is 7. The van der Waals surface area contributed by atoms with Crippen molar-refractivity contribution in [3.05, 3.63) is 81.1 Å². The molecule has 0 bridgehead atoms. The zero-order valence-corrected chi connectivity index (χ0v) is 18.6. The van der Waals surface area contributed by atoms with E-state index in [1.165, 1.54) is 16.2 Å². The number of anilines is 1. The first-order valence-electron chi connectivity index (χ1n) is 9.48. The fraction of sp³-hybridized carbons (Fsp3) is 0.0909. The molecule has 0 fully saturated rings. The summed E-state index contributed by atoms with van der Waals surface area (Å²) in [7, 11) is 0. The molecule has 6 nitrogen and oxygen atoms in total. The predicted molar refractivity (Wildman–Crippen MR) is 128 cm³/mol. The molecule has 1 amide bonds. The van der Waals surface area contributed by atoms with Gasteiger partial charge < -0.3 is 4.57 Å². The van der Waals surface area contributed by atoms with Gasteiger partial charge in [0.05, 0.1) is 11.0 Å². The van der Waals surface area contributed by atoms with Gasteiger partial charge in [-0.2, -0.15) is 0 Å². The van der Waals surface area contributed by atoms with E-state index < -0.39 is 0 Å². The molecule has 0 saturated heterocycles. The molecule has 0 aliphatic carbocycles. The number of hydrogen-bond donors (Lipinski definition) is 1. The standard InChI is InChI=1S/C22H16N4O2S3/c27-19(23-21-24-25-22(31-21)30-13-14-6-5-11-29-14)12-26-17-9-3-1-7-15(17)20(28)16-8-2-4-10-18(16)26/h1-11H,12-13H2,(H,23,24,27). The Kier molecular flexibility index (Phi) is 5.54. The van der Waals surface area contributed by atoms with E-state index >= 15 is 0 Å². The number of nitrogens with zero attached hydrogens (tertiary/aromatic N) is 3. The number of para-hydroxylation sites is 2. The predicted octanol–water partition coefficient (Wildman–Crippen LogP) is 5.00. The van der Waals surface area contributed by atoms with Crippen LogP contribution in [0.25, 0.3) is 21.8 Å². The molecule has 3 aromatic heterocycles. The fourth-order valence-electron chi connectivity index (χ4n) is 3.40. The van der Waals surface area contributed by atoms with Gasteiger partial charge in [0.2, 0.25) is 11.0 Å². The smallest absolute Gasteiger partial charge is 0.246 e. The maximum absolute atomic E-state index is 12.8. The summed E-state index contributed by atoms with van der Waals surface area (Å²) in [5.41, 5.74) is 1.43. The number of aromatic nitrogens is 3. The van der Waals surface area contributed by atoms with Crippen LogP contribution < -0.4 is 10.7 Å². The minimum absolute atomic E-state index is 0.0283. The summed E-state index contributed by atoms with van der Waals surface area (Å²) in [5.74, 6) is 0.611. The first-order valence-corrected chi connectivity index (χ1v) is 12.2. The van der Waals surface area contributed by atoms with Gasteiger partial charge in [-0.25, -0.2) is 0 Å². The topological polar surface area (TPSA) is 76.9 Å². The Morgan fingerprint density at radius 1 is 0.968 bits per heavy atom. The second kappa shape index (κ2) is 8.62. The van der Waals surface area contributed by atoms with Crippen molar-refractivity contribution in [3.8, 4) is 0 Å². The third-order valence-corrected chi connectivity index (χ3v) is 7.83. The number of carbonyl (C=O) groups is 1. The van der Waals surface area contributed by atoms with Crippen LogP contribution in [0.15, 0.2) is 75.2 Å². The molecule has 0 unspecified atom stereocenters. The van der Waals surface area contributed by atoms with Crippen LogP contribution >= 0.6 is 34.4 Å². The lowest BCUT2D eigenvalue weighted by Crippen LogP contribution is -2.21. The average molecular weight is 465 g/mol. The van der Waals surface area contributed by atoms with Crippen LogP contribution in [-0.4, -0.2) is 20.7 Å². The number of rotatable bonds is 6. The van der Waals surface area contributed by atoms with Gasteiger partial charge in [0.25, 0.3) is 0 Å². The Labute approximate surface area is 189 Å². The Bertz CT molecular complexity index is 1380. The van der Waals surface area contributed by atoms with Gasteiger partial charge in [-0.15, -0.1) is 21.5 Å². The van der Waals surface area contributed by atoms with E-state index in [0.717, 1.165) is 21.1 Å². The van der Waals surface area contributed by atoms with E-state index in [-0.39, 0.29) is 17.9 Å². The van der Waals surface area contributed by atoms with Gasteiger partial charge >= 0.3 is 0 Å². The molecule has 2 aromatic carbocycles. The Morgan fingerprint density at radius 2 is 1.68 bits per heavy atom. The number of thiophene rings is 1. The molecule has 1 N–H and O–H groups in total. The third kappa shape index (κ3) is 4.12. The second-order valence-electron chi connectivity index (χ2n) is 6.74. The number of pyridine rings is 1. The highest BCUT2D eigenvalue weighted by molar-refractivity contribution is 8.00. The molecule has 3 heterocycles. The molecule has 154 valence electrons. The Hall–Kier alpha value is -3.01. The minimum atomic E-state index is -0.218. The zero-order chi connectivity index (χ0) is 21.2. The van der Waals surface area contributed by atoms with E-state index in [4.69, 9.17) is 0 Å². The van der Waals surface area contributed by atoms with Crippen molar-refractivity contribution >= 4 is 67.3 Å². The van der Waals surface area contributed by atoms with E-state index in [9.17, 15) is 9.59 Å². The molecule has 9 heteroatoms. The highest BCUT2D eigenvalue weighted by atomic mass is 32.2. The van der Waals surface area contributed by atoms with Crippen molar-refractivity contribution in [2.45, 2.75) is 16.6 Å². The summed E-state index contributed by atoms with van der Waals surface area (Å²) >= 11 is 4.66. The van der Waals surface area contributed by atoms with Crippen LogP contribution in [-0.2, 0) is 17.1 Å². The quantitative estimate of drug-likeness (QED) is 0.217. The van der Waals surface area contributed by atoms with Crippen LogP contribution in [0.5, 0.6) is 0 Å². The molecule has 0 spiro atoms. The average Bonchev–Trinajstić information content (AvgIpc) is 3.47. The van der Waals surface area contributed by atoms with Crippen molar-refractivity contribution in [2.75, 3.05) is 5.32 Å². The Morgan fingerprint density at radius 3 is 2.35 bits per heavy atom. The molecule has 0 aliphatic heterocycles. The fourth-order valence-corrected chi connectivity index (χ4v) is 5.94. The van der Waals surface area contributed by atoms with Crippen LogP contribution in [0, 0.1) is 0 Å². The summed E-state index contributed by atoms with van der Waals surface area (Å²) in [5, 5.41) is 14.8. The summed E-state index contributed by atoms with van der Waals surface area (Å²) in [6.45, 7) is 0.0680. The normalized spacial score (nSPS) is 11.2. The second-order valence-corrected chi connectivity index (χ2v) is 9.97. The lowest BCUT2D eigenvalue weighted by atomic mass is 10.1. The van der Waals surface area contributed by atoms with Gasteiger partial charge in [0.15, 0.2) is 9.77 Å². The van der Waals surface area contributed by atoms with E-state index in [0.29, 0.717) is 15.9 Å². The van der Waals surface area contributed by atoms with E-state index in [2.05, 4.69) is 21.6 Å². The lowest BCUT2D eigenvalue weighted by Gasteiger charge is -2.14. The maximum Gasteiger partial charge on any atom is 0.246 e. The van der Waals surface area contributed by atoms with Gasteiger partial charge in [0.1, 0.15) is 6.54 Å². The molecule has 0 atom stereocenters. The first kappa shape index (κ1) is 19.9. The third-order valence-electron chi connectivity index (χ3n) is 4.75. The molecular weight excluding hydrogens is 448 g/mol. The molecular formula is C22H16N4O2S3. The number of carbonyl (C=O) groups excluding carboxylic acids is 1. The van der Waals surface area contributed by atoms with Gasteiger partial charge in [-0.3, -0.25) is 14.9 Å². The first-order chi connectivity index (χ1) is 15.2. The Balaban J connectivity index is 1.38. The zero-order valence-electron chi connectivity index (χ0n) is 16.1. The van der Waals surface area contributed by atoms with Crippen LogP contribution in [0.2, 0.25) is 0 Å². The van der Waals surface area contributed by atoms with Crippen LogP contribution in [0.1, 0.15) is 4.88 Å². The lowest BCUT2D eigenvalue weighted by molar-refractivity contribution is -0.116. The number of amides is 1. The number of nitrogens with one attached hydrogen (secondary N) is 1. The van der Waals surface area contributed by atoms with Crippen molar-refractivity contribution in [1.82, 2.24) is 14.8 Å². The van der Waals surface area contributed by atoms with Gasteiger partial charge in [-0.05, 0) is 35.7 Å². The van der Waals surface area contributed by atoms with Gasteiger partial charge in [-0.1, -0.05) is 53.4 Å². The minimum Gasteiger partial charge on any atom is -0.331 e. The summed E-state index contributed by atoms with van der Waals surface area (Å²) < 4.78 is 2.68. The number of thioether (sulfide) groups is 1. The number of benzene rings is 2.